The number of aromatic nitrogens is 1. The van der Waals surface area contributed by atoms with Gasteiger partial charge in [0.15, 0.2) is 5.78 Å². The average Bonchev–Trinajstić information content (AvgIpc) is 3.06. The summed E-state index contributed by atoms with van der Waals surface area (Å²) in [6.07, 6.45) is 1.55. The molecule has 0 spiro atoms. The van der Waals surface area contributed by atoms with E-state index in [2.05, 4.69) is 40.1 Å². The standard InChI is InChI=1S/C19H24N4O2/c1-13-10-16(4-5-18(13)23-8-6-22(3)7-9-23)21-19(25)17-11-15(12-20-17)14(2)24/h4-5,10-12,20H,6-9H2,1-3H3,(H,21,25). The Morgan fingerprint density at radius 2 is 1.84 bits per heavy atom. The van der Waals surface area contributed by atoms with Gasteiger partial charge in [-0.3, -0.25) is 9.59 Å². The number of carbonyl (C=O) groups is 2. The Balaban J connectivity index is 1.69. The molecule has 0 aliphatic carbocycles. The van der Waals surface area contributed by atoms with Crippen molar-refractivity contribution >= 4 is 23.1 Å². The molecule has 6 heteroatoms. The van der Waals surface area contributed by atoms with Gasteiger partial charge in [0.05, 0.1) is 0 Å². The minimum absolute atomic E-state index is 0.0670. The average molecular weight is 340 g/mol. The van der Waals surface area contributed by atoms with Crippen LogP contribution < -0.4 is 10.2 Å². The first kappa shape index (κ1) is 17.2. The number of carbonyl (C=O) groups excluding carboxylic acids is 2. The van der Waals surface area contributed by atoms with Crippen LogP contribution in [0.15, 0.2) is 30.5 Å². The molecule has 25 heavy (non-hydrogen) atoms. The van der Waals surface area contributed by atoms with Gasteiger partial charge < -0.3 is 20.1 Å². The van der Waals surface area contributed by atoms with Crippen LogP contribution in [0, 0.1) is 6.92 Å². The van der Waals surface area contributed by atoms with Gasteiger partial charge >= 0.3 is 0 Å². The highest BCUT2D eigenvalue weighted by Crippen LogP contribution is 2.25. The van der Waals surface area contributed by atoms with Crippen molar-refractivity contribution in [1.82, 2.24) is 9.88 Å². The predicted octanol–water partition coefficient (Wildman–Crippen LogP) is 2.53. The number of Topliss-reactive ketones (excluding diaryl/α,β-unsaturated/α-hetero) is 1. The minimum Gasteiger partial charge on any atom is -0.369 e. The van der Waals surface area contributed by atoms with Crippen molar-refractivity contribution in [3.63, 3.8) is 0 Å². The van der Waals surface area contributed by atoms with E-state index in [1.54, 1.807) is 12.3 Å². The van der Waals surface area contributed by atoms with Gasteiger partial charge in [-0.2, -0.15) is 0 Å². The summed E-state index contributed by atoms with van der Waals surface area (Å²) in [7, 11) is 2.14. The molecule has 0 bridgehead atoms. The monoisotopic (exact) mass is 340 g/mol. The number of ketones is 1. The van der Waals surface area contributed by atoms with E-state index in [9.17, 15) is 9.59 Å². The number of hydrogen-bond acceptors (Lipinski definition) is 4. The Morgan fingerprint density at radius 1 is 1.12 bits per heavy atom. The molecule has 1 aliphatic heterocycles. The summed E-state index contributed by atoms with van der Waals surface area (Å²) in [6.45, 7) is 7.68. The molecular weight excluding hydrogens is 316 g/mol. The fourth-order valence-electron chi connectivity index (χ4n) is 3.06. The third-order valence-corrected chi connectivity index (χ3v) is 4.63. The zero-order valence-electron chi connectivity index (χ0n) is 14.9. The SMILES string of the molecule is CC(=O)c1c[nH]c(C(=O)Nc2ccc(N3CCN(C)CC3)c(C)c2)c1. The van der Waals surface area contributed by atoms with E-state index in [0.717, 1.165) is 37.4 Å². The number of aryl methyl sites for hydroxylation is 1. The number of anilines is 2. The van der Waals surface area contributed by atoms with E-state index in [-0.39, 0.29) is 11.7 Å². The molecule has 1 aromatic carbocycles. The smallest absolute Gasteiger partial charge is 0.272 e. The number of hydrogen-bond donors (Lipinski definition) is 2. The van der Waals surface area contributed by atoms with Gasteiger partial charge in [-0.1, -0.05) is 0 Å². The molecule has 0 unspecified atom stereocenters. The van der Waals surface area contributed by atoms with E-state index in [1.807, 2.05) is 12.1 Å². The lowest BCUT2D eigenvalue weighted by Crippen LogP contribution is -2.44. The van der Waals surface area contributed by atoms with Crippen LogP contribution in [0.5, 0.6) is 0 Å². The van der Waals surface area contributed by atoms with Crippen LogP contribution in [0.1, 0.15) is 33.3 Å². The highest BCUT2D eigenvalue weighted by Gasteiger charge is 2.16. The minimum atomic E-state index is -0.251. The molecule has 2 aromatic rings. The summed E-state index contributed by atoms with van der Waals surface area (Å²) < 4.78 is 0. The second kappa shape index (κ2) is 7.11. The lowest BCUT2D eigenvalue weighted by molar-refractivity contribution is 0.101. The molecule has 1 saturated heterocycles. The van der Waals surface area contributed by atoms with Gasteiger partial charge in [0.2, 0.25) is 0 Å². The molecule has 1 aromatic heterocycles. The van der Waals surface area contributed by atoms with Crippen molar-refractivity contribution in [2.45, 2.75) is 13.8 Å². The Morgan fingerprint density at radius 3 is 2.44 bits per heavy atom. The maximum atomic E-state index is 12.3. The molecule has 6 nitrogen and oxygen atoms in total. The van der Waals surface area contributed by atoms with E-state index in [0.29, 0.717) is 11.3 Å². The van der Waals surface area contributed by atoms with Gasteiger partial charge in [-0.25, -0.2) is 0 Å². The van der Waals surface area contributed by atoms with Crippen LogP contribution in [0.2, 0.25) is 0 Å². The topological polar surface area (TPSA) is 68.4 Å². The molecule has 2 heterocycles. The molecule has 132 valence electrons. The second-order valence-electron chi connectivity index (χ2n) is 6.60. The molecule has 0 atom stereocenters. The van der Waals surface area contributed by atoms with Crippen LogP contribution in [0.4, 0.5) is 11.4 Å². The van der Waals surface area contributed by atoms with Crippen molar-refractivity contribution in [2.75, 3.05) is 43.4 Å². The zero-order valence-corrected chi connectivity index (χ0v) is 14.9. The number of piperazine rings is 1. The van der Waals surface area contributed by atoms with Gasteiger partial charge in [-0.05, 0) is 50.7 Å². The van der Waals surface area contributed by atoms with Crippen LogP contribution >= 0.6 is 0 Å². The number of rotatable bonds is 4. The summed E-state index contributed by atoms with van der Waals surface area (Å²) >= 11 is 0. The van der Waals surface area contributed by atoms with Gasteiger partial charge in [0.1, 0.15) is 5.69 Å². The van der Waals surface area contributed by atoms with Crippen LogP contribution in [-0.4, -0.2) is 54.8 Å². The maximum absolute atomic E-state index is 12.3. The highest BCUT2D eigenvalue weighted by atomic mass is 16.2. The van der Waals surface area contributed by atoms with Crippen LogP contribution in [-0.2, 0) is 0 Å². The van der Waals surface area contributed by atoms with Crippen molar-refractivity contribution in [1.29, 1.82) is 0 Å². The third kappa shape index (κ3) is 3.91. The lowest BCUT2D eigenvalue weighted by Gasteiger charge is -2.35. The number of H-pyrrole nitrogens is 1. The fourth-order valence-corrected chi connectivity index (χ4v) is 3.06. The van der Waals surface area contributed by atoms with E-state index >= 15 is 0 Å². The van der Waals surface area contributed by atoms with Crippen LogP contribution in [0.3, 0.4) is 0 Å². The second-order valence-corrected chi connectivity index (χ2v) is 6.60. The number of aromatic amines is 1. The first-order valence-electron chi connectivity index (χ1n) is 8.49. The Kier molecular flexibility index (Phi) is 4.90. The largest absolute Gasteiger partial charge is 0.369 e. The number of likely N-dealkylation sites (N-methyl/N-ethyl adjacent to an activating group) is 1. The summed E-state index contributed by atoms with van der Waals surface area (Å²) in [5, 5.41) is 2.88. The van der Waals surface area contributed by atoms with Gasteiger partial charge in [0.25, 0.3) is 5.91 Å². The molecule has 0 radical (unpaired) electrons. The summed E-state index contributed by atoms with van der Waals surface area (Å²) in [5.74, 6) is -0.318. The number of benzene rings is 1. The number of amides is 1. The Hall–Kier alpha value is -2.60. The fraction of sp³-hybridized carbons (Fsp3) is 0.368. The highest BCUT2D eigenvalue weighted by molar-refractivity contribution is 6.05. The zero-order chi connectivity index (χ0) is 18.0. The van der Waals surface area contributed by atoms with E-state index < -0.39 is 0 Å². The molecule has 1 fully saturated rings. The quantitative estimate of drug-likeness (QED) is 0.839. The molecule has 3 rings (SSSR count). The van der Waals surface area contributed by atoms with Gasteiger partial charge in [-0.15, -0.1) is 0 Å². The van der Waals surface area contributed by atoms with Crippen molar-refractivity contribution < 1.29 is 9.59 Å². The van der Waals surface area contributed by atoms with Gasteiger partial charge in [0, 0.05) is 49.3 Å². The molecule has 1 amide bonds. The summed E-state index contributed by atoms with van der Waals surface area (Å²) in [4.78, 5) is 31.2. The predicted molar refractivity (Wildman–Crippen MR) is 99.6 cm³/mol. The molecule has 1 aliphatic rings. The summed E-state index contributed by atoms with van der Waals surface area (Å²) in [6, 6.07) is 7.54. The Labute approximate surface area is 147 Å². The summed E-state index contributed by atoms with van der Waals surface area (Å²) in [5.41, 5.74) is 3.99. The first-order chi connectivity index (χ1) is 11.9. The number of nitrogens with one attached hydrogen (secondary N) is 2. The molecular formula is C19H24N4O2. The normalized spacial score (nSPS) is 15.2. The first-order valence-corrected chi connectivity index (χ1v) is 8.49. The van der Waals surface area contributed by atoms with E-state index in [4.69, 9.17) is 0 Å². The van der Waals surface area contributed by atoms with Crippen molar-refractivity contribution in [3.05, 3.63) is 47.3 Å². The van der Waals surface area contributed by atoms with Crippen molar-refractivity contribution in [2.24, 2.45) is 0 Å². The number of nitrogens with zero attached hydrogens (tertiary/aromatic N) is 2. The maximum Gasteiger partial charge on any atom is 0.272 e. The van der Waals surface area contributed by atoms with E-state index in [1.165, 1.54) is 12.6 Å². The Bertz CT molecular complexity index is 788. The molecule has 2 N–H and O–H groups in total. The van der Waals surface area contributed by atoms with Crippen LogP contribution in [0.25, 0.3) is 0 Å². The van der Waals surface area contributed by atoms with Crippen molar-refractivity contribution in [3.8, 4) is 0 Å². The lowest BCUT2D eigenvalue weighted by atomic mass is 10.1. The third-order valence-electron chi connectivity index (χ3n) is 4.63. The molecule has 0 saturated carbocycles.